The Morgan fingerprint density at radius 1 is 0.962 bits per heavy atom. The maximum atomic E-state index is 5.96. The van der Waals surface area contributed by atoms with E-state index in [1.807, 2.05) is 69.3 Å². The fourth-order valence-electron chi connectivity index (χ4n) is 2.16. The standard InChI is InChI=1S/C23H26O2S/c1-17(2)21-11-22(24-14-19(5)16-26-18(3)4)13-23(12-21)25-15-20-9-7-6-8-10-20/h6-13,16H,1,3,14-15H2,2,4-5H3/b19-16+. The second kappa shape index (κ2) is 9.93. The third-order valence-electron chi connectivity index (χ3n) is 3.55. The van der Waals surface area contributed by atoms with E-state index in [9.17, 15) is 0 Å². The van der Waals surface area contributed by atoms with Gasteiger partial charge in [-0.2, -0.15) is 0 Å². The SMILES string of the molecule is C=C(C)S/C=C(\C)COc1cc(OCc2ccccc2)cc(C(=C)C)c1. The molecule has 0 aliphatic heterocycles. The Morgan fingerprint density at radius 3 is 2.23 bits per heavy atom. The van der Waals surface area contributed by atoms with Crippen molar-refractivity contribution in [1.82, 2.24) is 0 Å². The van der Waals surface area contributed by atoms with Gasteiger partial charge in [-0.3, -0.25) is 0 Å². The van der Waals surface area contributed by atoms with Crippen LogP contribution >= 0.6 is 11.8 Å². The molecule has 0 heterocycles. The number of thioether (sulfide) groups is 1. The van der Waals surface area contributed by atoms with E-state index in [-0.39, 0.29) is 0 Å². The monoisotopic (exact) mass is 366 g/mol. The molecule has 0 bridgehead atoms. The molecule has 0 amide bonds. The molecule has 136 valence electrons. The molecule has 0 saturated heterocycles. The molecule has 2 rings (SSSR count). The minimum atomic E-state index is 0.522. The highest BCUT2D eigenvalue weighted by Gasteiger charge is 2.05. The number of allylic oxidation sites excluding steroid dienone is 2. The molecule has 0 N–H and O–H groups in total. The van der Waals surface area contributed by atoms with Crippen molar-refractivity contribution in [2.24, 2.45) is 0 Å². The van der Waals surface area contributed by atoms with Gasteiger partial charge in [0.1, 0.15) is 24.7 Å². The zero-order valence-electron chi connectivity index (χ0n) is 15.7. The van der Waals surface area contributed by atoms with Crippen molar-refractivity contribution in [3.05, 3.63) is 88.7 Å². The van der Waals surface area contributed by atoms with Crippen LogP contribution in [-0.2, 0) is 6.61 Å². The van der Waals surface area contributed by atoms with Crippen molar-refractivity contribution in [2.75, 3.05) is 6.61 Å². The van der Waals surface area contributed by atoms with Crippen LogP contribution in [-0.4, -0.2) is 6.61 Å². The third kappa shape index (κ3) is 6.85. The lowest BCUT2D eigenvalue weighted by Gasteiger charge is -2.13. The normalized spacial score (nSPS) is 11.1. The summed E-state index contributed by atoms with van der Waals surface area (Å²) in [5.41, 5.74) is 4.27. The van der Waals surface area contributed by atoms with Crippen LogP contribution in [0.1, 0.15) is 31.9 Å². The Hall–Kier alpha value is -2.39. The summed E-state index contributed by atoms with van der Waals surface area (Å²) in [6, 6.07) is 16.0. The Morgan fingerprint density at radius 2 is 1.62 bits per heavy atom. The Kier molecular flexibility index (Phi) is 7.61. The van der Waals surface area contributed by atoms with Gasteiger partial charge in [-0.05, 0) is 59.9 Å². The molecule has 26 heavy (non-hydrogen) atoms. The fourth-order valence-corrected chi connectivity index (χ4v) is 2.63. The van der Waals surface area contributed by atoms with Crippen molar-refractivity contribution in [3.8, 4) is 11.5 Å². The molecule has 0 saturated carbocycles. The van der Waals surface area contributed by atoms with E-state index >= 15 is 0 Å². The number of hydrogen-bond acceptors (Lipinski definition) is 3. The lowest BCUT2D eigenvalue weighted by Crippen LogP contribution is -2.01. The van der Waals surface area contributed by atoms with Crippen LogP contribution in [0.25, 0.3) is 5.57 Å². The molecular weight excluding hydrogens is 340 g/mol. The van der Waals surface area contributed by atoms with Crippen LogP contribution in [0.15, 0.2) is 77.6 Å². The molecule has 2 nitrogen and oxygen atoms in total. The largest absolute Gasteiger partial charge is 0.489 e. The highest BCUT2D eigenvalue weighted by Crippen LogP contribution is 2.28. The summed E-state index contributed by atoms with van der Waals surface area (Å²) in [6.07, 6.45) is 0. The van der Waals surface area contributed by atoms with Crippen molar-refractivity contribution in [1.29, 1.82) is 0 Å². The van der Waals surface area contributed by atoms with Gasteiger partial charge in [0.05, 0.1) is 0 Å². The summed E-state index contributed by atoms with van der Waals surface area (Å²) >= 11 is 1.62. The summed E-state index contributed by atoms with van der Waals surface area (Å²) in [5, 5.41) is 2.07. The highest BCUT2D eigenvalue weighted by atomic mass is 32.2. The summed E-state index contributed by atoms with van der Waals surface area (Å²) in [4.78, 5) is 1.06. The van der Waals surface area contributed by atoms with E-state index in [1.54, 1.807) is 11.8 Å². The Labute approximate surface area is 161 Å². The topological polar surface area (TPSA) is 18.5 Å². The Balaban J connectivity index is 2.08. The van der Waals surface area contributed by atoms with Crippen LogP contribution in [0.5, 0.6) is 11.5 Å². The van der Waals surface area contributed by atoms with Crippen molar-refractivity contribution < 1.29 is 9.47 Å². The lowest BCUT2D eigenvalue weighted by molar-refractivity contribution is 0.301. The summed E-state index contributed by atoms with van der Waals surface area (Å²) < 4.78 is 11.9. The van der Waals surface area contributed by atoms with Crippen LogP contribution in [0.2, 0.25) is 0 Å². The molecule has 0 aliphatic rings. The minimum absolute atomic E-state index is 0.522. The van der Waals surface area contributed by atoms with Gasteiger partial charge in [-0.1, -0.05) is 49.1 Å². The van der Waals surface area contributed by atoms with Gasteiger partial charge < -0.3 is 9.47 Å². The van der Waals surface area contributed by atoms with E-state index in [2.05, 4.69) is 18.6 Å². The molecule has 0 spiro atoms. The maximum absolute atomic E-state index is 5.96. The zero-order chi connectivity index (χ0) is 18.9. The summed E-state index contributed by atoms with van der Waals surface area (Å²) in [7, 11) is 0. The maximum Gasteiger partial charge on any atom is 0.124 e. The predicted octanol–water partition coefficient (Wildman–Crippen LogP) is 6.85. The number of rotatable bonds is 9. The zero-order valence-corrected chi connectivity index (χ0v) is 16.6. The average Bonchev–Trinajstić information content (AvgIpc) is 2.63. The molecular formula is C23H26O2S. The number of hydrogen-bond donors (Lipinski definition) is 0. The molecule has 0 fully saturated rings. The van der Waals surface area contributed by atoms with E-state index in [4.69, 9.17) is 9.47 Å². The molecule has 3 heteroatoms. The third-order valence-corrected chi connectivity index (χ3v) is 4.47. The molecule has 0 unspecified atom stereocenters. The first-order valence-electron chi connectivity index (χ1n) is 8.52. The summed E-state index contributed by atoms with van der Waals surface area (Å²) in [5.74, 6) is 1.56. The van der Waals surface area contributed by atoms with Crippen molar-refractivity contribution in [3.63, 3.8) is 0 Å². The first-order valence-corrected chi connectivity index (χ1v) is 9.40. The van der Waals surface area contributed by atoms with E-state index < -0.39 is 0 Å². The van der Waals surface area contributed by atoms with Gasteiger partial charge in [-0.25, -0.2) is 0 Å². The van der Waals surface area contributed by atoms with Crippen LogP contribution in [0.3, 0.4) is 0 Å². The second-order valence-corrected chi connectivity index (χ2v) is 7.49. The second-order valence-electron chi connectivity index (χ2n) is 6.32. The van der Waals surface area contributed by atoms with E-state index in [1.165, 1.54) is 0 Å². The minimum Gasteiger partial charge on any atom is -0.489 e. The lowest BCUT2D eigenvalue weighted by atomic mass is 10.1. The molecule has 2 aromatic rings. The molecule has 0 aliphatic carbocycles. The number of ether oxygens (including phenoxy) is 2. The van der Waals surface area contributed by atoms with Gasteiger partial charge in [0.25, 0.3) is 0 Å². The van der Waals surface area contributed by atoms with Crippen molar-refractivity contribution in [2.45, 2.75) is 27.4 Å². The summed E-state index contributed by atoms with van der Waals surface area (Å²) in [6.45, 7) is 15.0. The van der Waals surface area contributed by atoms with Gasteiger partial charge in [0, 0.05) is 6.07 Å². The van der Waals surface area contributed by atoms with E-state index in [0.29, 0.717) is 13.2 Å². The first kappa shape index (κ1) is 19.9. The smallest absolute Gasteiger partial charge is 0.124 e. The first-order chi connectivity index (χ1) is 12.4. The quantitative estimate of drug-likeness (QED) is 0.483. The van der Waals surface area contributed by atoms with Gasteiger partial charge >= 0.3 is 0 Å². The molecule has 0 radical (unpaired) electrons. The van der Waals surface area contributed by atoms with Crippen LogP contribution < -0.4 is 9.47 Å². The van der Waals surface area contributed by atoms with Crippen molar-refractivity contribution >= 4 is 17.3 Å². The Bertz CT molecular complexity index is 791. The molecule has 0 atom stereocenters. The highest BCUT2D eigenvalue weighted by molar-refractivity contribution is 8.05. The van der Waals surface area contributed by atoms with Crippen LogP contribution in [0.4, 0.5) is 0 Å². The van der Waals surface area contributed by atoms with Gasteiger partial charge in [0.15, 0.2) is 0 Å². The predicted molar refractivity (Wildman–Crippen MR) is 114 cm³/mol. The molecule has 0 aromatic heterocycles. The van der Waals surface area contributed by atoms with Crippen LogP contribution in [0, 0.1) is 0 Å². The number of benzene rings is 2. The fraction of sp³-hybridized carbons (Fsp3) is 0.217. The van der Waals surface area contributed by atoms with Gasteiger partial charge in [-0.15, -0.1) is 11.8 Å². The van der Waals surface area contributed by atoms with E-state index in [0.717, 1.165) is 38.7 Å². The van der Waals surface area contributed by atoms with Gasteiger partial charge in [0.2, 0.25) is 0 Å². The average molecular weight is 367 g/mol. The molecule has 2 aromatic carbocycles.